The van der Waals surface area contributed by atoms with E-state index < -0.39 is 24.1 Å². The quantitative estimate of drug-likeness (QED) is 0.500. The lowest BCUT2D eigenvalue weighted by Crippen LogP contribution is -2.47. The zero-order valence-electron chi connectivity index (χ0n) is 16.3. The number of aliphatic hydroxyl groups excluding tert-OH is 1. The Morgan fingerprint density at radius 3 is 2.48 bits per heavy atom. The van der Waals surface area contributed by atoms with E-state index in [-0.39, 0.29) is 24.0 Å². The van der Waals surface area contributed by atoms with Crippen LogP contribution in [0.25, 0.3) is 0 Å². The van der Waals surface area contributed by atoms with Crippen molar-refractivity contribution in [1.82, 2.24) is 10.6 Å². The van der Waals surface area contributed by atoms with E-state index in [9.17, 15) is 19.5 Å². The molecule has 2 unspecified atom stereocenters. The molecule has 3 atom stereocenters. The Morgan fingerprint density at radius 1 is 1.30 bits per heavy atom. The fourth-order valence-electron chi connectivity index (χ4n) is 4.28. The highest BCUT2D eigenvalue weighted by molar-refractivity contribution is 5.84. The second-order valence-corrected chi connectivity index (χ2v) is 8.56. The number of aliphatic hydroxyl groups is 1. The van der Waals surface area contributed by atoms with E-state index in [4.69, 9.17) is 10.5 Å². The van der Waals surface area contributed by atoms with Gasteiger partial charge in [-0.25, -0.2) is 4.79 Å². The van der Waals surface area contributed by atoms with Crippen molar-refractivity contribution >= 4 is 17.9 Å². The summed E-state index contributed by atoms with van der Waals surface area (Å²) < 4.78 is 5.05. The van der Waals surface area contributed by atoms with Crippen molar-refractivity contribution in [2.45, 2.75) is 82.9 Å². The van der Waals surface area contributed by atoms with Gasteiger partial charge in [0.05, 0.1) is 12.6 Å². The molecule has 5 N–H and O–H groups in total. The molecular formula is C19H33N3O5. The van der Waals surface area contributed by atoms with Crippen molar-refractivity contribution in [2.75, 3.05) is 6.61 Å². The van der Waals surface area contributed by atoms with Gasteiger partial charge in [0.25, 0.3) is 5.91 Å². The van der Waals surface area contributed by atoms with Gasteiger partial charge in [-0.15, -0.1) is 0 Å². The van der Waals surface area contributed by atoms with Gasteiger partial charge in [0.1, 0.15) is 0 Å². The maximum absolute atomic E-state index is 12.6. The first-order chi connectivity index (χ1) is 12.7. The summed E-state index contributed by atoms with van der Waals surface area (Å²) in [5.74, 6) is -0.481. The van der Waals surface area contributed by atoms with E-state index in [1.807, 2.05) is 13.8 Å². The van der Waals surface area contributed by atoms with E-state index in [1.165, 1.54) is 6.42 Å². The van der Waals surface area contributed by atoms with Crippen LogP contribution in [0.3, 0.4) is 0 Å². The maximum Gasteiger partial charge on any atom is 0.405 e. The minimum Gasteiger partial charge on any atom is -0.436 e. The number of amides is 3. The van der Waals surface area contributed by atoms with Crippen molar-refractivity contribution in [1.29, 1.82) is 0 Å². The molecule has 0 aromatic carbocycles. The molecule has 0 radical (unpaired) electrons. The predicted octanol–water partition coefficient (Wildman–Crippen LogP) is 1.20. The lowest BCUT2D eigenvalue weighted by atomic mass is 9.85. The fourth-order valence-corrected chi connectivity index (χ4v) is 4.28. The summed E-state index contributed by atoms with van der Waals surface area (Å²) in [4.78, 5) is 35.9. The Bertz CT molecular complexity index is 545. The third-order valence-corrected chi connectivity index (χ3v) is 5.55. The number of nitrogens with two attached hydrogens (primary N) is 1. The Balaban J connectivity index is 1.94. The first kappa shape index (κ1) is 21.5. The van der Waals surface area contributed by atoms with Crippen LogP contribution in [-0.2, 0) is 14.3 Å². The Kier molecular flexibility index (Phi) is 7.47. The third kappa shape index (κ3) is 6.68. The van der Waals surface area contributed by atoms with E-state index in [1.54, 1.807) is 0 Å². The molecule has 0 bridgehead atoms. The van der Waals surface area contributed by atoms with Gasteiger partial charge in [-0.3, -0.25) is 9.59 Å². The second-order valence-electron chi connectivity index (χ2n) is 8.56. The molecule has 1 saturated heterocycles. The molecule has 1 saturated carbocycles. The smallest absolute Gasteiger partial charge is 0.405 e. The zero-order chi connectivity index (χ0) is 20.0. The van der Waals surface area contributed by atoms with E-state index in [2.05, 4.69) is 10.6 Å². The number of nitrogens with one attached hydrogen (secondary N) is 2. The van der Waals surface area contributed by atoms with Crippen molar-refractivity contribution in [3.05, 3.63) is 0 Å². The lowest BCUT2D eigenvalue weighted by molar-refractivity contribution is -0.132. The van der Waals surface area contributed by atoms with Crippen LogP contribution < -0.4 is 16.4 Å². The number of rotatable bonds is 8. The number of carbonyl (C=O) groups is 3. The molecule has 2 rings (SSSR count). The van der Waals surface area contributed by atoms with Gasteiger partial charge >= 0.3 is 6.09 Å². The number of ether oxygens (including phenoxy) is 1. The molecule has 154 valence electrons. The summed E-state index contributed by atoms with van der Waals surface area (Å²) in [5.41, 5.74) is 4.85. The predicted molar refractivity (Wildman–Crippen MR) is 99.6 cm³/mol. The van der Waals surface area contributed by atoms with Gasteiger partial charge in [0, 0.05) is 11.5 Å². The summed E-state index contributed by atoms with van der Waals surface area (Å²) >= 11 is 0. The third-order valence-electron chi connectivity index (χ3n) is 5.55. The van der Waals surface area contributed by atoms with Gasteiger partial charge in [0.15, 0.2) is 6.10 Å². The van der Waals surface area contributed by atoms with Crippen LogP contribution in [0, 0.1) is 11.8 Å². The highest BCUT2D eigenvalue weighted by Crippen LogP contribution is 2.29. The number of hydrogen-bond acceptors (Lipinski definition) is 5. The standard InChI is InChI=1S/C19H33N3O5/c1-19(2)10-13(16(24)22-19)9-14(11-23)21-17(25)15(27-18(20)26)8-12-6-4-3-5-7-12/h12-15,23H,3-11H2,1-2H3,(H2,20,26)(H,21,25)(H,22,24)/t13?,14?,15-/m0/s1. The Hall–Kier alpha value is -1.83. The molecule has 8 heteroatoms. The van der Waals surface area contributed by atoms with Gasteiger partial charge in [0.2, 0.25) is 5.91 Å². The minimum absolute atomic E-state index is 0.0696. The lowest BCUT2D eigenvalue weighted by Gasteiger charge is -2.27. The van der Waals surface area contributed by atoms with E-state index >= 15 is 0 Å². The largest absolute Gasteiger partial charge is 0.436 e. The molecule has 1 aliphatic heterocycles. The molecule has 1 aliphatic carbocycles. The van der Waals surface area contributed by atoms with E-state index in [0.717, 1.165) is 25.7 Å². The fraction of sp³-hybridized carbons (Fsp3) is 0.842. The van der Waals surface area contributed by atoms with Crippen LogP contribution >= 0.6 is 0 Å². The normalized spacial score (nSPS) is 24.7. The summed E-state index contributed by atoms with van der Waals surface area (Å²) in [6.45, 7) is 3.60. The maximum atomic E-state index is 12.6. The summed E-state index contributed by atoms with van der Waals surface area (Å²) in [5, 5.41) is 15.3. The van der Waals surface area contributed by atoms with Gasteiger partial charge in [-0.05, 0) is 39.0 Å². The van der Waals surface area contributed by atoms with Crippen LogP contribution in [-0.4, -0.2) is 47.3 Å². The summed E-state index contributed by atoms with van der Waals surface area (Å²) in [6, 6.07) is -0.576. The van der Waals surface area contributed by atoms with Crippen LogP contribution in [0.4, 0.5) is 4.79 Å². The van der Waals surface area contributed by atoms with Crippen LogP contribution in [0.2, 0.25) is 0 Å². The van der Waals surface area contributed by atoms with Gasteiger partial charge < -0.3 is 26.2 Å². The highest BCUT2D eigenvalue weighted by Gasteiger charge is 2.39. The minimum atomic E-state index is -0.983. The molecule has 0 aromatic rings. The molecule has 3 amide bonds. The van der Waals surface area contributed by atoms with Crippen molar-refractivity contribution in [3.8, 4) is 0 Å². The first-order valence-corrected chi connectivity index (χ1v) is 9.89. The van der Waals surface area contributed by atoms with Crippen LogP contribution in [0.15, 0.2) is 0 Å². The molecular weight excluding hydrogens is 350 g/mol. The summed E-state index contributed by atoms with van der Waals surface area (Å²) in [6.07, 6.45) is 4.89. The average molecular weight is 383 g/mol. The Labute approximate surface area is 160 Å². The molecule has 2 aliphatic rings. The molecule has 27 heavy (non-hydrogen) atoms. The van der Waals surface area contributed by atoms with Crippen LogP contribution in [0.5, 0.6) is 0 Å². The van der Waals surface area contributed by atoms with Gasteiger partial charge in [-0.1, -0.05) is 32.1 Å². The van der Waals surface area contributed by atoms with Crippen LogP contribution in [0.1, 0.15) is 65.2 Å². The van der Waals surface area contributed by atoms with Crippen molar-refractivity contribution < 1.29 is 24.2 Å². The molecule has 8 nitrogen and oxygen atoms in total. The second kappa shape index (κ2) is 9.39. The number of carbonyl (C=O) groups excluding carboxylic acids is 3. The number of hydrogen-bond donors (Lipinski definition) is 4. The Morgan fingerprint density at radius 2 is 1.96 bits per heavy atom. The molecule has 2 fully saturated rings. The highest BCUT2D eigenvalue weighted by atomic mass is 16.6. The molecule has 0 aromatic heterocycles. The topological polar surface area (TPSA) is 131 Å². The average Bonchev–Trinajstić information content (AvgIpc) is 2.85. The summed E-state index contributed by atoms with van der Waals surface area (Å²) in [7, 11) is 0. The first-order valence-electron chi connectivity index (χ1n) is 9.89. The monoisotopic (exact) mass is 383 g/mol. The number of primary amides is 1. The SMILES string of the molecule is CC1(C)CC(CC(CO)NC(=O)[C@H](CC2CCCCC2)OC(N)=O)C(=O)N1. The van der Waals surface area contributed by atoms with Crippen molar-refractivity contribution in [2.24, 2.45) is 17.6 Å². The van der Waals surface area contributed by atoms with Gasteiger partial charge in [-0.2, -0.15) is 0 Å². The molecule has 1 heterocycles. The zero-order valence-corrected chi connectivity index (χ0v) is 16.3. The molecule has 0 spiro atoms. The van der Waals surface area contributed by atoms with E-state index in [0.29, 0.717) is 25.2 Å². The van der Waals surface area contributed by atoms with Crippen molar-refractivity contribution in [3.63, 3.8) is 0 Å².